The molecule has 1 amide bonds. The van der Waals surface area contributed by atoms with Crippen molar-refractivity contribution in [2.24, 2.45) is 12.8 Å². The van der Waals surface area contributed by atoms with E-state index in [0.29, 0.717) is 25.2 Å². The first-order chi connectivity index (χ1) is 13.1. The van der Waals surface area contributed by atoms with Gasteiger partial charge in [0.2, 0.25) is 10.0 Å². The summed E-state index contributed by atoms with van der Waals surface area (Å²) in [5.74, 6) is -1.33. The van der Waals surface area contributed by atoms with Gasteiger partial charge < -0.3 is 19.9 Å². The van der Waals surface area contributed by atoms with E-state index in [1.165, 1.54) is 29.9 Å². The SMILES string of the molecule is Cn1cc2c(c1C(N)=O)OC[C@]1(CCN(c3ccc(F)c(Cl)c3)C1)NS2(=O)=O. The average molecular weight is 429 g/mol. The lowest BCUT2D eigenvalue weighted by molar-refractivity contribution is 0.0986. The number of sulfonamides is 1. The van der Waals surface area contributed by atoms with Crippen LogP contribution in [0.3, 0.4) is 0 Å². The van der Waals surface area contributed by atoms with Crippen molar-refractivity contribution < 1.29 is 22.3 Å². The summed E-state index contributed by atoms with van der Waals surface area (Å²) in [4.78, 5) is 13.5. The van der Waals surface area contributed by atoms with Gasteiger partial charge in [0.25, 0.3) is 5.91 Å². The number of nitrogens with two attached hydrogens (primary N) is 1. The number of rotatable bonds is 2. The van der Waals surface area contributed by atoms with Crippen molar-refractivity contribution in [3.05, 3.63) is 40.9 Å². The quantitative estimate of drug-likeness (QED) is 0.748. The molecule has 1 spiro atoms. The number of anilines is 1. The van der Waals surface area contributed by atoms with Gasteiger partial charge in [-0.15, -0.1) is 0 Å². The molecule has 4 rings (SSSR count). The normalized spacial score (nSPS) is 23.3. The van der Waals surface area contributed by atoms with Crippen molar-refractivity contribution >= 4 is 33.2 Å². The number of aryl methyl sites for hydroxylation is 1. The molecule has 0 unspecified atom stereocenters. The molecular weight excluding hydrogens is 411 g/mol. The third-order valence-corrected chi connectivity index (χ3v) is 6.95. The van der Waals surface area contributed by atoms with Gasteiger partial charge in [0.1, 0.15) is 17.3 Å². The highest BCUT2D eigenvalue weighted by Gasteiger charge is 2.46. The standard InChI is InChI=1S/C17H18ClFN4O4S/c1-22-7-13-15(14(22)16(20)24)27-9-17(21-28(13,25)26)4-5-23(8-17)10-2-3-12(19)11(18)6-10/h2-3,6-7,21H,4-5,8-9H2,1H3,(H2,20,24)/t17-/m1/s1. The molecule has 1 saturated heterocycles. The summed E-state index contributed by atoms with van der Waals surface area (Å²) < 4.78 is 49.2. The lowest BCUT2D eigenvalue weighted by atomic mass is 10.0. The van der Waals surface area contributed by atoms with Gasteiger partial charge in [0, 0.05) is 32.0 Å². The zero-order valence-electron chi connectivity index (χ0n) is 14.9. The van der Waals surface area contributed by atoms with Crippen molar-refractivity contribution in [3.63, 3.8) is 0 Å². The smallest absolute Gasteiger partial charge is 0.269 e. The van der Waals surface area contributed by atoms with E-state index in [-0.39, 0.29) is 28.0 Å². The van der Waals surface area contributed by atoms with Gasteiger partial charge in [-0.3, -0.25) is 4.79 Å². The van der Waals surface area contributed by atoms with Crippen LogP contribution in [0.25, 0.3) is 0 Å². The maximum Gasteiger partial charge on any atom is 0.269 e. The van der Waals surface area contributed by atoms with Gasteiger partial charge in [0.05, 0.1) is 10.6 Å². The number of nitrogens with one attached hydrogen (secondary N) is 1. The minimum absolute atomic E-state index is 0.00223. The van der Waals surface area contributed by atoms with Crippen molar-refractivity contribution in [2.75, 3.05) is 24.6 Å². The summed E-state index contributed by atoms with van der Waals surface area (Å²) >= 11 is 5.87. The van der Waals surface area contributed by atoms with Crippen LogP contribution in [0.5, 0.6) is 5.75 Å². The number of fused-ring (bicyclic) bond motifs is 1. The van der Waals surface area contributed by atoms with Crippen LogP contribution in [0.1, 0.15) is 16.9 Å². The predicted octanol–water partition coefficient (Wildman–Crippen LogP) is 1.24. The number of carbonyl (C=O) groups excluding carboxylic acids is 1. The van der Waals surface area contributed by atoms with Gasteiger partial charge in [-0.25, -0.2) is 12.8 Å². The Labute approximate surface area is 166 Å². The second-order valence-electron chi connectivity index (χ2n) is 7.09. The Hall–Kier alpha value is -2.30. The Balaban J connectivity index is 1.66. The van der Waals surface area contributed by atoms with Crippen LogP contribution in [-0.4, -0.2) is 44.1 Å². The minimum Gasteiger partial charge on any atom is -0.488 e. The molecule has 2 aromatic rings. The van der Waals surface area contributed by atoms with Gasteiger partial charge in [0.15, 0.2) is 11.4 Å². The maximum atomic E-state index is 13.4. The molecule has 0 aliphatic carbocycles. The average Bonchev–Trinajstić information content (AvgIpc) is 3.14. The Kier molecular flexibility index (Phi) is 4.32. The highest BCUT2D eigenvalue weighted by molar-refractivity contribution is 7.89. The molecule has 3 heterocycles. The van der Waals surface area contributed by atoms with E-state index in [4.69, 9.17) is 22.1 Å². The Morgan fingerprint density at radius 1 is 1.43 bits per heavy atom. The molecule has 0 bridgehead atoms. The van der Waals surface area contributed by atoms with Crippen LogP contribution in [-0.2, 0) is 17.1 Å². The van der Waals surface area contributed by atoms with Gasteiger partial charge in [-0.2, -0.15) is 4.72 Å². The largest absolute Gasteiger partial charge is 0.488 e. The third-order valence-electron chi connectivity index (χ3n) is 5.09. The fraction of sp³-hybridized carbons (Fsp3) is 0.353. The first-order valence-corrected chi connectivity index (χ1v) is 10.3. The Bertz CT molecular complexity index is 1090. The summed E-state index contributed by atoms with van der Waals surface area (Å²) in [7, 11) is -2.42. The number of carbonyl (C=O) groups is 1. The molecule has 1 aromatic carbocycles. The van der Waals surface area contributed by atoms with E-state index in [1.807, 2.05) is 4.90 Å². The zero-order valence-corrected chi connectivity index (χ0v) is 16.5. The molecule has 150 valence electrons. The fourth-order valence-corrected chi connectivity index (χ4v) is 5.52. The Morgan fingerprint density at radius 3 is 2.86 bits per heavy atom. The summed E-state index contributed by atoms with van der Waals surface area (Å²) in [5.41, 5.74) is 5.16. The zero-order chi connectivity index (χ0) is 20.3. The number of primary amides is 1. The first kappa shape index (κ1) is 19.0. The molecule has 2 aliphatic rings. The molecule has 1 fully saturated rings. The summed E-state index contributed by atoms with van der Waals surface area (Å²) in [6.07, 6.45) is 1.77. The van der Waals surface area contributed by atoms with E-state index in [1.54, 1.807) is 6.07 Å². The van der Waals surface area contributed by atoms with Crippen molar-refractivity contribution in [1.29, 1.82) is 0 Å². The second kappa shape index (κ2) is 6.36. The van der Waals surface area contributed by atoms with Crippen LogP contribution in [0.15, 0.2) is 29.3 Å². The first-order valence-electron chi connectivity index (χ1n) is 8.48. The third kappa shape index (κ3) is 3.01. The van der Waals surface area contributed by atoms with Gasteiger partial charge in [-0.1, -0.05) is 11.6 Å². The molecular formula is C17H18ClFN4O4S. The highest BCUT2D eigenvalue weighted by Crippen LogP contribution is 2.37. The van der Waals surface area contributed by atoms with E-state index in [9.17, 15) is 17.6 Å². The van der Waals surface area contributed by atoms with E-state index >= 15 is 0 Å². The fourth-order valence-electron chi connectivity index (χ4n) is 3.75. The van der Waals surface area contributed by atoms with Crippen molar-refractivity contribution in [3.8, 4) is 5.75 Å². The van der Waals surface area contributed by atoms with E-state index in [2.05, 4.69) is 4.72 Å². The second-order valence-corrected chi connectivity index (χ2v) is 9.15. The van der Waals surface area contributed by atoms with Gasteiger partial charge in [-0.05, 0) is 24.6 Å². The van der Waals surface area contributed by atoms with Crippen molar-refractivity contribution in [1.82, 2.24) is 9.29 Å². The molecule has 1 atom stereocenters. The van der Waals surface area contributed by atoms with Crippen LogP contribution in [0, 0.1) is 5.82 Å². The number of benzene rings is 1. The topological polar surface area (TPSA) is 107 Å². The van der Waals surface area contributed by atoms with E-state index in [0.717, 1.165) is 0 Å². The maximum absolute atomic E-state index is 13.4. The molecule has 28 heavy (non-hydrogen) atoms. The van der Waals surface area contributed by atoms with Gasteiger partial charge >= 0.3 is 0 Å². The number of aromatic nitrogens is 1. The molecule has 8 nitrogen and oxygen atoms in total. The molecule has 2 aliphatic heterocycles. The number of hydrogen-bond acceptors (Lipinski definition) is 5. The lowest BCUT2D eigenvalue weighted by Gasteiger charge is -2.28. The summed E-state index contributed by atoms with van der Waals surface area (Å²) in [6.45, 7) is 0.847. The number of hydrogen-bond donors (Lipinski definition) is 2. The molecule has 0 radical (unpaired) electrons. The molecule has 1 aromatic heterocycles. The molecule has 3 N–H and O–H groups in total. The number of ether oxygens (including phenoxy) is 1. The van der Waals surface area contributed by atoms with Crippen LogP contribution >= 0.6 is 11.6 Å². The monoisotopic (exact) mass is 428 g/mol. The minimum atomic E-state index is -3.94. The number of halogens is 2. The number of nitrogens with zero attached hydrogens (tertiary/aromatic N) is 2. The van der Waals surface area contributed by atoms with Crippen LogP contribution < -0.4 is 20.1 Å². The summed E-state index contributed by atoms with van der Waals surface area (Å²) in [5, 5.41) is -0.00451. The van der Waals surface area contributed by atoms with E-state index < -0.39 is 27.3 Å². The predicted molar refractivity (Wildman–Crippen MR) is 101 cm³/mol. The number of amides is 1. The Morgan fingerprint density at radius 2 is 2.18 bits per heavy atom. The highest BCUT2D eigenvalue weighted by atomic mass is 35.5. The van der Waals surface area contributed by atoms with Crippen molar-refractivity contribution in [2.45, 2.75) is 16.9 Å². The molecule has 11 heteroatoms. The van der Waals surface area contributed by atoms with Crippen LogP contribution in [0.2, 0.25) is 5.02 Å². The molecule has 0 saturated carbocycles. The lowest BCUT2D eigenvalue weighted by Crippen LogP contribution is -2.53. The van der Waals surface area contributed by atoms with Crippen LogP contribution in [0.4, 0.5) is 10.1 Å². The summed E-state index contributed by atoms with van der Waals surface area (Å²) in [6, 6.07) is 4.36.